The summed E-state index contributed by atoms with van der Waals surface area (Å²) in [5.74, 6) is 0.422. The van der Waals surface area contributed by atoms with Crippen molar-refractivity contribution < 1.29 is 0 Å². The van der Waals surface area contributed by atoms with E-state index in [-0.39, 0.29) is 0 Å². The molecule has 3 nitrogen and oxygen atoms in total. The molecule has 1 heterocycles. The molecule has 0 aliphatic heterocycles. The number of anilines is 1. The van der Waals surface area contributed by atoms with E-state index in [1.54, 1.807) is 11.3 Å². The second-order valence-corrected chi connectivity index (χ2v) is 6.57. The van der Waals surface area contributed by atoms with E-state index in [1.165, 1.54) is 16.0 Å². The molecule has 108 valence electrons. The molecule has 0 amide bonds. The number of aromatic nitrogens is 1. The Morgan fingerprint density at radius 2 is 2.10 bits per heavy atom. The van der Waals surface area contributed by atoms with Gasteiger partial charge in [0.25, 0.3) is 0 Å². The van der Waals surface area contributed by atoms with Gasteiger partial charge in [-0.05, 0) is 18.4 Å². The van der Waals surface area contributed by atoms with Crippen molar-refractivity contribution in [3.8, 4) is 0 Å². The number of nitrogens with two attached hydrogens (primary N) is 1. The number of hydrogen-bond donors (Lipinski definition) is 1. The van der Waals surface area contributed by atoms with Gasteiger partial charge in [-0.3, -0.25) is 0 Å². The van der Waals surface area contributed by atoms with E-state index in [0.717, 1.165) is 17.4 Å². The minimum atomic E-state index is 0.422. The molecule has 0 unspecified atom stereocenters. The molecule has 0 aliphatic rings. The van der Waals surface area contributed by atoms with Crippen LogP contribution in [0.1, 0.15) is 41.5 Å². The molecule has 2 aromatic rings. The molecule has 0 saturated heterocycles. The van der Waals surface area contributed by atoms with Gasteiger partial charge >= 0.3 is 0 Å². The van der Waals surface area contributed by atoms with Crippen molar-refractivity contribution in [2.75, 3.05) is 11.9 Å². The summed E-state index contributed by atoms with van der Waals surface area (Å²) in [4.78, 5) is 8.16. The van der Waals surface area contributed by atoms with E-state index < -0.39 is 0 Å². The molecule has 0 radical (unpaired) electrons. The molecule has 0 atom stereocenters. The summed E-state index contributed by atoms with van der Waals surface area (Å²) >= 11 is 1.71. The summed E-state index contributed by atoms with van der Waals surface area (Å²) in [7, 11) is 2.09. The van der Waals surface area contributed by atoms with Crippen molar-refractivity contribution in [3.63, 3.8) is 0 Å². The molecule has 0 fully saturated rings. The average Bonchev–Trinajstić information content (AvgIpc) is 2.83. The number of rotatable bonds is 5. The first kappa shape index (κ1) is 15.0. The van der Waals surface area contributed by atoms with E-state index >= 15 is 0 Å². The molecular weight excluding hydrogens is 266 g/mol. The fraction of sp³-hybridized carbons (Fsp3) is 0.438. The summed E-state index contributed by atoms with van der Waals surface area (Å²) in [6.07, 6.45) is 0. The summed E-state index contributed by atoms with van der Waals surface area (Å²) < 4.78 is 0. The third kappa shape index (κ3) is 3.38. The Bertz CT molecular complexity index is 575. The normalized spacial score (nSPS) is 11.1. The number of thiazole rings is 1. The van der Waals surface area contributed by atoms with Crippen LogP contribution in [0.3, 0.4) is 0 Å². The summed E-state index contributed by atoms with van der Waals surface area (Å²) in [5, 5.41) is 1.05. The van der Waals surface area contributed by atoms with Gasteiger partial charge in [0.15, 0.2) is 5.13 Å². The molecule has 1 aromatic carbocycles. The van der Waals surface area contributed by atoms with Crippen LogP contribution in [-0.4, -0.2) is 12.0 Å². The molecular formula is C16H23N3S. The molecule has 2 N–H and O–H groups in total. The predicted octanol–water partition coefficient (Wildman–Crippen LogP) is 3.67. The maximum atomic E-state index is 5.83. The van der Waals surface area contributed by atoms with Crippen LogP contribution in [-0.2, 0) is 13.1 Å². The monoisotopic (exact) mass is 289 g/mol. The van der Waals surface area contributed by atoms with Crippen LogP contribution >= 0.6 is 11.3 Å². The van der Waals surface area contributed by atoms with Crippen LogP contribution < -0.4 is 10.6 Å². The SMILES string of the molecule is Cc1cccc(CN(C)c2nc(C(C)C)c(CN)s2)c1. The smallest absolute Gasteiger partial charge is 0.185 e. The average molecular weight is 289 g/mol. The van der Waals surface area contributed by atoms with Crippen molar-refractivity contribution >= 4 is 16.5 Å². The Morgan fingerprint density at radius 1 is 1.35 bits per heavy atom. The van der Waals surface area contributed by atoms with Gasteiger partial charge in [0.05, 0.1) is 5.69 Å². The highest BCUT2D eigenvalue weighted by Crippen LogP contribution is 2.30. The highest BCUT2D eigenvalue weighted by Gasteiger charge is 2.15. The van der Waals surface area contributed by atoms with E-state index in [0.29, 0.717) is 12.5 Å². The molecule has 0 saturated carbocycles. The predicted molar refractivity (Wildman–Crippen MR) is 87.4 cm³/mol. The maximum absolute atomic E-state index is 5.83. The number of aryl methyl sites for hydroxylation is 1. The van der Waals surface area contributed by atoms with Gasteiger partial charge in [0, 0.05) is 25.0 Å². The van der Waals surface area contributed by atoms with Crippen molar-refractivity contribution in [2.24, 2.45) is 5.73 Å². The van der Waals surface area contributed by atoms with E-state index in [2.05, 4.69) is 57.0 Å². The van der Waals surface area contributed by atoms with Gasteiger partial charge in [-0.15, -0.1) is 11.3 Å². The van der Waals surface area contributed by atoms with Crippen LogP contribution in [0.2, 0.25) is 0 Å². The Labute approximate surface area is 125 Å². The zero-order valence-corrected chi connectivity index (χ0v) is 13.5. The van der Waals surface area contributed by atoms with Crippen molar-refractivity contribution in [3.05, 3.63) is 46.0 Å². The Hall–Kier alpha value is -1.39. The quantitative estimate of drug-likeness (QED) is 0.913. The van der Waals surface area contributed by atoms with Gasteiger partial charge in [0.2, 0.25) is 0 Å². The lowest BCUT2D eigenvalue weighted by molar-refractivity contribution is 0.804. The van der Waals surface area contributed by atoms with Crippen LogP contribution in [0.5, 0.6) is 0 Å². The highest BCUT2D eigenvalue weighted by molar-refractivity contribution is 7.15. The largest absolute Gasteiger partial charge is 0.347 e. The van der Waals surface area contributed by atoms with Gasteiger partial charge in [-0.2, -0.15) is 0 Å². The summed E-state index contributed by atoms with van der Waals surface area (Å²) in [6.45, 7) is 7.90. The molecule has 1 aromatic heterocycles. The van der Waals surface area contributed by atoms with E-state index in [1.807, 2.05) is 0 Å². The number of benzene rings is 1. The fourth-order valence-electron chi connectivity index (χ4n) is 2.26. The Kier molecular flexibility index (Phi) is 4.78. The van der Waals surface area contributed by atoms with Gasteiger partial charge in [-0.1, -0.05) is 43.7 Å². The third-order valence-corrected chi connectivity index (χ3v) is 4.49. The van der Waals surface area contributed by atoms with Crippen molar-refractivity contribution in [1.82, 2.24) is 4.98 Å². The van der Waals surface area contributed by atoms with Crippen LogP contribution in [0.4, 0.5) is 5.13 Å². The molecule has 20 heavy (non-hydrogen) atoms. The summed E-state index contributed by atoms with van der Waals surface area (Å²) in [5.41, 5.74) is 9.57. The molecule has 2 rings (SSSR count). The summed E-state index contributed by atoms with van der Waals surface area (Å²) in [6, 6.07) is 8.60. The molecule has 0 aliphatic carbocycles. The Balaban J connectivity index is 2.19. The van der Waals surface area contributed by atoms with Gasteiger partial charge in [0.1, 0.15) is 0 Å². The lowest BCUT2D eigenvalue weighted by atomic mass is 10.1. The van der Waals surface area contributed by atoms with Crippen LogP contribution in [0.25, 0.3) is 0 Å². The first-order valence-electron chi connectivity index (χ1n) is 6.97. The van der Waals surface area contributed by atoms with Crippen LogP contribution in [0.15, 0.2) is 24.3 Å². The number of nitrogens with zero attached hydrogens (tertiary/aromatic N) is 2. The standard InChI is InChI=1S/C16H23N3S/c1-11(2)15-14(9-17)20-16(18-15)19(4)10-13-7-5-6-12(3)8-13/h5-8,11H,9-10,17H2,1-4H3. The number of hydrogen-bond acceptors (Lipinski definition) is 4. The second kappa shape index (κ2) is 6.37. The zero-order valence-electron chi connectivity index (χ0n) is 12.7. The van der Waals surface area contributed by atoms with Crippen molar-refractivity contribution in [1.29, 1.82) is 0 Å². The van der Waals surface area contributed by atoms with Crippen LogP contribution in [0, 0.1) is 6.92 Å². The minimum absolute atomic E-state index is 0.422. The Morgan fingerprint density at radius 3 is 2.65 bits per heavy atom. The highest BCUT2D eigenvalue weighted by atomic mass is 32.1. The fourth-order valence-corrected chi connectivity index (χ4v) is 3.32. The maximum Gasteiger partial charge on any atom is 0.185 e. The third-order valence-electron chi connectivity index (χ3n) is 3.28. The zero-order chi connectivity index (χ0) is 14.7. The topological polar surface area (TPSA) is 42.2 Å². The lowest BCUT2D eigenvalue weighted by Crippen LogP contribution is -2.16. The minimum Gasteiger partial charge on any atom is -0.347 e. The first-order valence-corrected chi connectivity index (χ1v) is 7.79. The van der Waals surface area contributed by atoms with E-state index in [4.69, 9.17) is 10.7 Å². The molecule has 0 spiro atoms. The molecule has 0 bridgehead atoms. The lowest BCUT2D eigenvalue weighted by Gasteiger charge is -2.16. The van der Waals surface area contributed by atoms with Gasteiger partial charge in [-0.25, -0.2) is 4.98 Å². The van der Waals surface area contributed by atoms with Gasteiger partial charge < -0.3 is 10.6 Å². The second-order valence-electron chi connectivity index (χ2n) is 5.51. The first-order chi connectivity index (χ1) is 9.51. The van der Waals surface area contributed by atoms with Crippen molar-refractivity contribution in [2.45, 2.75) is 39.8 Å². The van der Waals surface area contributed by atoms with E-state index in [9.17, 15) is 0 Å². The molecule has 4 heteroatoms.